The average molecular weight is 431 g/mol. The summed E-state index contributed by atoms with van der Waals surface area (Å²) in [5.41, 5.74) is 4.54. The van der Waals surface area contributed by atoms with Crippen molar-refractivity contribution in [1.82, 2.24) is 0 Å². The Hall–Kier alpha value is -0.610. The van der Waals surface area contributed by atoms with Crippen molar-refractivity contribution in [3.8, 4) is 0 Å². The van der Waals surface area contributed by atoms with Crippen LogP contribution in [-0.2, 0) is 6.42 Å². The molecule has 2 unspecified atom stereocenters. The summed E-state index contributed by atoms with van der Waals surface area (Å²) in [6.45, 7) is 20.8. The van der Waals surface area contributed by atoms with Gasteiger partial charge in [0.15, 0.2) is 0 Å². The van der Waals surface area contributed by atoms with Gasteiger partial charge in [0.2, 0.25) is 0 Å². The molecule has 0 saturated carbocycles. The summed E-state index contributed by atoms with van der Waals surface area (Å²) < 4.78 is 0. The van der Waals surface area contributed by atoms with E-state index in [1.807, 2.05) is 0 Å². The predicted octanol–water partition coefficient (Wildman–Crippen LogP) is 9.56. The van der Waals surface area contributed by atoms with Crippen molar-refractivity contribution in [2.45, 2.75) is 112 Å². The molecule has 0 amide bonds. The fourth-order valence-electron chi connectivity index (χ4n) is 4.60. The van der Waals surface area contributed by atoms with Gasteiger partial charge in [-0.2, -0.15) is 0 Å². The molecule has 1 rings (SSSR count). The van der Waals surface area contributed by atoms with E-state index in [9.17, 15) is 0 Å². The third-order valence-electron chi connectivity index (χ3n) is 6.87. The third kappa shape index (κ3) is 8.49. The molecule has 2 atom stereocenters. The monoisotopic (exact) mass is 430 g/mol. The molecule has 0 aliphatic rings. The van der Waals surface area contributed by atoms with Gasteiger partial charge in [-0.25, -0.2) is 0 Å². The van der Waals surface area contributed by atoms with Crippen molar-refractivity contribution in [2.24, 2.45) is 11.8 Å². The van der Waals surface area contributed by atoms with E-state index in [0.29, 0.717) is 5.92 Å². The smallest absolute Gasteiger partial charge is 0.0136 e. The third-order valence-corrected chi connectivity index (χ3v) is 9.96. The molecule has 0 aromatic heterocycles. The van der Waals surface area contributed by atoms with Gasteiger partial charge in [-0.3, -0.25) is 0 Å². The molecular weight excluding hydrogens is 379 g/mol. The highest BCUT2D eigenvalue weighted by molar-refractivity contribution is 7.65. The lowest BCUT2D eigenvalue weighted by molar-refractivity contribution is 0.485. The average Bonchev–Trinajstić information content (AvgIpc) is 2.76. The summed E-state index contributed by atoms with van der Waals surface area (Å²) in [5.74, 6) is 2.34. The zero-order valence-electron chi connectivity index (χ0n) is 21.4. The fraction of sp³-hybridized carbons (Fsp3) is 0.724. The second kappa shape index (κ2) is 15.2. The van der Waals surface area contributed by atoms with Crippen molar-refractivity contribution in [3.63, 3.8) is 0 Å². The van der Waals surface area contributed by atoms with E-state index in [2.05, 4.69) is 73.3 Å². The maximum absolute atomic E-state index is 4.26. The number of benzene rings is 1. The molecule has 30 heavy (non-hydrogen) atoms. The maximum Gasteiger partial charge on any atom is -0.0136 e. The molecule has 172 valence electrons. The standard InChI is InChI=1S/C29H51P/c1-9-15-17-24(11-3)21-30(22-25(12-4)18-16-10-2)29-26(13-5)19-28(23(7)8)20-27(29)14-6/h13,19-20,23-25H,5,9-12,14-18,21-22H2,1-4,6-8H3. The molecule has 0 saturated heterocycles. The molecule has 0 fully saturated rings. The molecule has 1 heteroatoms. The highest BCUT2D eigenvalue weighted by atomic mass is 31.1. The van der Waals surface area contributed by atoms with Crippen molar-refractivity contribution in [1.29, 1.82) is 0 Å². The fourth-order valence-corrected chi connectivity index (χ4v) is 8.40. The Kier molecular flexibility index (Phi) is 13.9. The topological polar surface area (TPSA) is 0 Å². The van der Waals surface area contributed by atoms with Gasteiger partial charge in [-0.05, 0) is 58.5 Å². The first-order valence-corrected chi connectivity index (χ1v) is 14.7. The Morgan fingerprint density at radius 1 is 0.867 bits per heavy atom. The minimum atomic E-state index is -0.135. The van der Waals surface area contributed by atoms with E-state index in [4.69, 9.17) is 0 Å². The van der Waals surface area contributed by atoms with Gasteiger partial charge >= 0.3 is 0 Å². The quantitative estimate of drug-likeness (QED) is 0.229. The summed E-state index contributed by atoms with van der Waals surface area (Å²) in [4.78, 5) is 0. The molecule has 1 aromatic rings. The molecule has 0 bridgehead atoms. The van der Waals surface area contributed by atoms with Crippen LogP contribution in [0.5, 0.6) is 0 Å². The minimum Gasteiger partial charge on any atom is -0.0984 e. The van der Waals surface area contributed by atoms with Gasteiger partial charge in [0, 0.05) is 0 Å². The first kappa shape index (κ1) is 27.4. The van der Waals surface area contributed by atoms with E-state index in [0.717, 1.165) is 18.3 Å². The summed E-state index contributed by atoms with van der Waals surface area (Å²) in [7, 11) is -0.135. The van der Waals surface area contributed by atoms with E-state index >= 15 is 0 Å². The number of hydrogen-bond acceptors (Lipinski definition) is 0. The van der Waals surface area contributed by atoms with Crippen molar-refractivity contribution >= 4 is 19.3 Å². The van der Waals surface area contributed by atoms with Crippen LogP contribution in [0.15, 0.2) is 18.7 Å². The molecular formula is C29H51P. The lowest BCUT2D eigenvalue weighted by Crippen LogP contribution is -2.22. The first-order chi connectivity index (χ1) is 14.4. The Labute approximate surface area is 191 Å². The second-order valence-electron chi connectivity index (χ2n) is 9.57. The molecule has 0 heterocycles. The largest absolute Gasteiger partial charge is 0.0984 e. The Morgan fingerprint density at radius 3 is 1.77 bits per heavy atom. The summed E-state index contributed by atoms with van der Waals surface area (Å²) in [5, 5.41) is 1.71. The van der Waals surface area contributed by atoms with Gasteiger partial charge < -0.3 is 0 Å². The molecule has 0 spiro atoms. The Morgan fingerprint density at radius 2 is 1.40 bits per heavy atom. The van der Waals surface area contributed by atoms with E-state index in [1.54, 1.807) is 10.9 Å². The summed E-state index contributed by atoms with van der Waals surface area (Å²) >= 11 is 0. The predicted molar refractivity (Wildman–Crippen MR) is 143 cm³/mol. The number of rotatable bonds is 16. The number of unbranched alkanes of at least 4 members (excludes halogenated alkanes) is 2. The molecule has 1 aromatic carbocycles. The maximum atomic E-state index is 4.26. The van der Waals surface area contributed by atoms with Crippen LogP contribution >= 0.6 is 7.92 Å². The van der Waals surface area contributed by atoms with Crippen LogP contribution in [0.2, 0.25) is 0 Å². The summed E-state index contributed by atoms with van der Waals surface area (Å²) in [6.07, 6.45) is 17.0. The highest BCUT2D eigenvalue weighted by Gasteiger charge is 2.24. The Balaban J connectivity index is 3.38. The van der Waals surface area contributed by atoms with Gasteiger partial charge in [0.05, 0.1) is 0 Å². The van der Waals surface area contributed by atoms with Crippen LogP contribution < -0.4 is 5.30 Å². The highest BCUT2D eigenvalue weighted by Crippen LogP contribution is 2.45. The van der Waals surface area contributed by atoms with Gasteiger partial charge in [0.1, 0.15) is 0 Å². The van der Waals surface area contributed by atoms with Crippen LogP contribution in [0, 0.1) is 11.8 Å². The lowest BCUT2D eigenvalue weighted by atomic mass is 9.96. The zero-order valence-corrected chi connectivity index (χ0v) is 22.3. The zero-order chi connectivity index (χ0) is 22.5. The molecule has 0 aliphatic carbocycles. The second-order valence-corrected chi connectivity index (χ2v) is 11.8. The summed E-state index contributed by atoms with van der Waals surface area (Å²) in [6, 6.07) is 4.99. The van der Waals surface area contributed by atoms with E-state index in [-0.39, 0.29) is 7.92 Å². The normalized spacial score (nSPS) is 14.7. The van der Waals surface area contributed by atoms with E-state index in [1.165, 1.54) is 74.8 Å². The van der Waals surface area contributed by atoms with Crippen LogP contribution in [-0.4, -0.2) is 12.3 Å². The Bertz CT molecular complexity index is 583. The molecule has 0 nitrogen and oxygen atoms in total. The molecule has 0 aliphatic heterocycles. The van der Waals surface area contributed by atoms with E-state index < -0.39 is 0 Å². The van der Waals surface area contributed by atoms with Crippen LogP contribution in [0.3, 0.4) is 0 Å². The molecule has 0 radical (unpaired) electrons. The van der Waals surface area contributed by atoms with Gasteiger partial charge in [-0.1, -0.05) is 133 Å². The van der Waals surface area contributed by atoms with Gasteiger partial charge in [-0.15, -0.1) is 0 Å². The van der Waals surface area contributed by atoms with Crippen molar-refractivity contribution in [2.75, 3.05) is 12.3 Å². The van der Waals surface area contributed by atoms with Crippen molar-refractivity contribution in [3.05, 3.63) is 35.4 Å². The van der Waals surface area contributed by atoms with Gasteiger partial charge in [0.25, 0.3) is 0 Å². The minimum absolute atomic E-state index is 0.135. The number of hydrogen-bond donors (Lipinski definition) is 0. The SMILES string of the molecule is C=Cc1cc(C(C)C)cc(CC)c1P(CC(CC)CCCC)CC(CC)CCCC. The van der Waals surface area contributed by atoms with Crippen molar-refractivity contribution < 1.29 is 0 Å². The van der Waals surface area contributed by atoms with Crippen LogP contribution in [0.25, 0.3) is 6.08 Å². The molecule has 0 N–H and O–H groups in total. The lowest BCUT2D eigenvalue weighted by Gasteiger charge is -2.31. The van der Waals surface area contributed by atoms with Crippen LogP contribution in [0.1, 0.15) is 122 Å². The number of aryl methyl sites for hydroxylation is 1. The van der Waals surface area contributed by atoms with Crippen LogP contribution in [0.4, 0.5) is 0 Å². The first-order valence-electron chi connectivity index (χ1n) is 13.0.